The number of hydrogen-bond donors (Lipinski definition) is 0. The Balaban J connectivity index is 1.42. The van der Waals surface area contributed by atoms with Crippen molar-refractivity contribution in [3.8, 4) is 17.0 Å². The molecule has 4 rings (SSSR count). The summed E-state index contributed by atoms with van der Waals surface area (Å²) in [6.07, 6.45) is 4.88. The number of aromatic nitrogens is 3. The van der Waals surface area contributed by atoms with Crippen molar-refractivity contribution in [3.63, 3.8) is 0 Å². The van der Waals surface area contributed by atoms with E-state index < -0.39 is 0 Å². The van der Waals surface area contributed by atoms with Crippen LogP contribution in [0.3, 0.4) is 0 Å². The van der Waals surface area contributed by atoms with Gasteiger partial charge in [-0.1, -0.05) is 0 Å². The fourth-order valence-corrected chi connectivity index (χ4v) is 3.38. The molecule has 1 saturated heterocycles. The van der Waals surface area contributed by atoms with E-state index in [0.717, 1.165) is 35.9 Å². The average Bonchev–Trinajstić information content (AvgIpc) is 2.80. The molecule has 2 aromatic heterocycles. The zero-order chi connectivity index (χ0) is 20.1. The van der Waals surface area contributed by atoms with Crippen LogP contribution >= 0.6 is 0 Å². The number of carbonyl (C=O) groups excluding carboxylic acids is 1. The van der Waals surface area contributed by atoms with Gasteiger partial charge in [0.05, 0.1) is 17.9 Å². The molecule has 1 fully saturated rings. The molecule has 1 aromatic carbocycles. The van der Waals surface area contributed by atoms with Crippen molar-refractivity contribution < 1.29 is 9.53 Å². The van der Waals surface area contributed by atoms with E-state index in [-0.39, 0.29) is 5.91 Å². The molecule has 0 aliphatic carbocycles. The van der Waals surface area contributed by atoms with Crippen molar-refractivity contribution in [1.82, 2.24) is 19.9 Å². The van der Waals surface area contributed by atoms with E-state index in [2.05, 4.69) is 19.9 Å². The molecule has 148 valence electrons. The lowest BCUT2D eigenvalue weighted by Gasteiger charge is -2.35. The summed E-state index contributed by atoms with van der Waals surface area (Å²) in [6, 6.07) is 13.5. The third-order valence-electron chi connectivity index (χ3n) is 4.91. The Bertz CT molecular complexity index is 954. The second-order valence-electron chi connectivity index (χ2n) is 6.74. The van der Waals surface area contributed by atoms with Crippen LogP contribution in [0.4, 0.5) is 5.82 Å². The first-order valence-corrected chi connectivity index (χ1v) is 9.74. The summed E-state index contributed by atoms with van der Waals surface area (Å²) in [5.74, 6) is 1.74. The molecule has 0 N–H and O–H groups in total. The van der Waals surface area contributed by atoms with Gasteiger partial charge in [0.1, 0.15) is 17.9 Å². The van der Waals surface area contributed by atoms with E-state index in [9.17, 15) is 4.79 Å². The molecule has 0 atom stereocenters. The molecule has 0 unspecified atom stereocenters. The molecule has 3 heterocycles. The number of pyridine rings is 1. The quantitative estimate of drug-likeness (QED) is 0.668. The molecule has 29 heavy (non-hydrogen) atoms. The third kappa shape index (κ3) is 4.34. The summed E-state index contributed by atoms with van der Waals surface area (Å²) in [5, 5.41) is 0. The Morgan fingerprint density at radius 2 is 1.86 bits per heavy atom. The van der Waals surface area contributed by atoms with Gasteiger partial charge < -0.3 is 14.5 Å². The van der Waals surface area contributed by atoms with E-state index >= 15 is 0 Å². The van der Waals surface area contributed by atoms with E-state index in [1.54, 1.807) is 30.9 Å². The molecule has 7 heteroatoms. The predicted molar refractivity (Wildman–Crippen MR) is 111 cm³/mol. The first kappa shape index (κ1) is 18.9. The Morgan fingerprint density at radius 1 is 1.07 bits per heavy atom. The van der Waals surface area contributed by atoms with Crippen LogP contribution in [-0.2, 0) is 0 Å². The molecule has 1 aliphatic rings. The van der Waals surface area contributed by atoms with Gasteiger partial charge in [0.15, 0.2) is 0 Å². The smallest absolute Gasteiger partial charge is 0.255 e. The van der Waals surface area contributed by atoms with Gasteiger partial charge in [-0.3, -0.25) is 9.78 Å². The summed E-state index contributed by atoms with van der Waals surface area (Å²) in [6.45, 7) is 5.37. The van der Waals surface area contributed by atoms with E-state index in [1.807, 2.05) is 42.2 Å². The van der Waals surface area contributed by atoms with Crippen molar-refractivity contribution in [2.75, 3.05) is 37.7 Å². The zero-order valence-electron chi connectivity index (χ0n) is 16.4. The highest BCUT2D eigenvalue weighted by Crippen LogP contribution is 2.24. The largest absolute Gasteiger partial charge is 0.494 e. The third-order valence-corrected chi connectivity index (χ3v) is 4.91. The Morgan fingerprint density at radius 3 is 2.55 bits per heavy atom. The highest BCUT2D eigenvalue weighted by atomic mass is 16.5. The fourth-order valence-electron chi connectivity index (χ4n) is 3.38. The first-order valence-electron chi connectivity index (χ1n) is 9.74. The molecule has 0 radical (unpaired) electrons. The molecular formula is C22H23N5O2. The van der Waals surface area contributed by atoms with Crippen LogP contribution in [-0.4, -0.2) is 58.5 Å². The van der Waals surface area contributed by atoms with Crippen molar-refractivity contribution in [2.24, 2.45) is 0 Å². The Kier molecular flexibility index (Phi) is 5.65. The van der Waals surface area contributed by atoms with Crippen molar-refractivity contribution in [1.29, 1.82) is 0 Å². The van der Waals surface area contributed by atoms with Gasteiger partial charge in [-0.05, 0) is 43.3 Å². The monoisotopic (exact) mass is 389 g/mol. The van der Waals surface area contributed by atoms with Crippen LogP contribution in [0.1, 0.15) is 17.3 Å². The Labute approximate surface area is 170 Å². The van der Waals surface area contributed by atoms with Crippen LogP contribution in [0, 0.1) is 0 Å². The van der Waals surface area contributed by atoms with Gasteiger partial charge in [0, 0.05) is 50.2 Å². The molecular weight excluding hydrogens is 366 g/mol. The number of carbonyl (C=O) groups is 1. The van der Waals surface area contributed by atoms with E-state index in [1.165, 1.54) is 0 Å². The summed E-state index contributed by atoms with van der Waals surface area (Å²) < 4.78 is 5.50. The highest BCUT2D eigenvalue weighted by Gasteiger charge is 2.23. The van der Waals surface area contributed by atoms with Gasteiger partial charge in [0.25, 0.3) is 5.91 Å². The lowest BCUT2D eigenvalue weighted by molar-refractivity contribution is 0.0746. The number of rotatable bonds is 5. The lowest BCUT2D eigenvalue weighted by atomic mass is 10.1. The number of piperazine rings is 1. The zero-order valence-corrected chi connectivity index (χ0v) is 16.4. The molecule has 1 aliphatic heterocycles. The lowest BCUT2D eigenvalue weighted by Crippen LogP contribution is -2.49. The van der Waals surface area contributed by atoms with Gasteiger partial charge in [0.2, 0.25) is 0 Å². The minimum Gasteiger partial charge on any atom is -0.494 e. The maximum absolute atomic E-state index is 12.6. The molecule has 0 spiro atoms. The Hall–Kier alpha value is -3.48. The maximum atomic E-state index is 12.6. The normalized spacial score (nSPS) is 14.0. The first-order chi connectivity index (χ1) is 14.2. The van der Waals surface area contributed by atoms with Gasteiger partial charge in [-0.15, -0.1) is 0 Å². The van der Waals surface area contributed by atoms with Crippen LogP contribution in [0.15, 0.2) is 61.2 Å². The SMILES string of the molecule is CCOc1ccc(-c2cc(N3CCN(C(=O)c4cccnc4)CC3)ncn2)cc1. The van der Waals surface area contributed by atoms with Crippen LogP contribution in [0.25, 0.3) is 11.3 Å². The molecule has 0 saturated carbocycles. The summed E-state index contributed by atoms with van der Waals surface area (Å²) in [7, 11) is 0. The molecule has 0 bridgehead atoms. The predicted octanol–water partition coefficient (Wildman–Crippen LogP) is 2.90. The molecule has 7 nitrogen and oxygen atoms in total. The summed E-state index contributed by atoms with van der Waals surface area (Å²) in [4.78, 5) is 29.5. The van der Waals surface area contributed by atoms with Crippen molar-refractivity contribution in [3.05, 3.63) is 66.7 Å². The molecule has 1 amide bonds. The minimum absolute atomic E-state index is 0.0236. The standard InChI is InChI=1S/C22H23N5O2/c1-2-29-19-7-5-17(6-8-19)20-14-21(25-16-24-20)26-10-12-27(13-11-26)22(28)18-4-3-9-23-15-18/h3-9,14-16H,2,10-13H2,1H3. The topological polar surface area (TPSA) is 71.5 Å². The van der Waals surface area contributed by atoms with Gasteiger partial charge >= 0.3 is 0 Å². The van der Waals surface area contributed by atoms with Crippen LogP contribution in [0.2, 0.25) is 0 Å². The van der Waals surface area contributed by atoms with Crippen LogP contribution in [0.5, 0.6) is 5.75 Å². The number of ether oxygens (including phenoxy) is 1. The van der Waals surface area contributed by atoms with Gasteiger partial charge in [-0.25, -0.2) is 9.97 Å². The number of anilines is 1. The number of nitrogens with zero attached hydrogens (tertiary/aromatic N) is 5. The second kappa shape index (κ2) is 8.68. The number of hydrogen-bond acceptors (Lipinski definition) is 6. The van der Waals surface area contributed by atoms with Crippen molar-refractivity contribution in [2.45, 2.75) is 6.92 Å². The van der Waals surface area contributed by atoms with Gasteiger partial charge in [-0.2, -0.15) is 0 Å². The fraction of sp³-hybridized carbons (Fsp3) is 0.273. The van der Waals surface area contributed by atoms with E-state index in [4.69, 9.17) is 4.74 Å². The number of benzene rings is 1. The molecule has 3 aromatic rings. The summed E-state index contributed by atoms with van der Waals surface area (Å²) in [5.41, 5.74) is 2.51. The van der Waals surface area contributed by atoms with Crippen LogP contribution < -0.4 is 9.64 Å². The summed E-state index contributed by atoms with van der Waals surface area (Å²) >= 11 is 0. The van der Waals surface area contributed by atoms with E-state index in [0.29, 0.717) is 25.3 Å². The second-order valence-corrected chi connectivity index (χ2v) is 6.74. The minimum atomic E-state index is 0.0236. The maximum Gasteiger partial charge on any atom is 0.255 e. The van der Waals surface area contributed by atoms with Crippen molar-refractivity contribution >= 4 is 11.7 Å². The average molecular weight is 389 g/mol. The highest BCUT2D eigenvalue weighted by molar-refractivity contribution is 5.94. The number of amides is 1.